The topological polar surface area (TPSA) is 24.9 Å². The molecule has 0 bridgehead atoms. The fourth-order valence-corrected chi connectivity index (χ4v) is 2.31. The number of thioether (sulfide) groups is 1. The molecule has 2 aromatic rings. The van der Waals surface area contributed by atoms with Gasteiger partial charge >= 0.3 is 5.51 Å². The van der Waals surface area contributed by atoms with Crippen molar-refractivity contribution >= 4 is 28.4 Å². The lowest BCUT2D eigenvalue weighted by Gasteiger charge is -2.10. The van der Waals surface area contributed by atoms with Crippen LogP contribution < -0.4 is 5.32 Å². The summed E-state index contributed by atoms with van der Waals surface area (Å²) in [4.78, 5) is 4.35. The van der Waals surface area contributed by atoms with Crippen molar-refractivity contribution in [3.05, 3.63) is 30.5 Å². The maximum Gasteiger partial charge on any atom is 0.446 e. The van der Waals surface area contributed by atoms with Crippen LogP contribution in [-0.4, -0.2) is 17.0 Å². The number of rotatable bonds is 4. The zero-order chi connectivity index (χ0) is 13.9. The normalized spacial score (nSPS) is 11.8. The van der Waals surface area contributed by atoms with E-state index < -0.39 is 5.51 Å². The monoisotopic (exact) mass is 286 g/mol. The van der Waals surface area contributed by atoms with Gasteiger partial charge in [-0.1, -0.05) is 13.0 Å². The van der Waals surface area contributed by atoms with E-state index in [2.05, 4.69) is 10.3 Å². The second-order valence-electron chi connectivity index (χ2n) is 4.02. The average molecular weight is 286 g/mol. The minimum atomic E-state index is -4.27. The van der Waals surface area contributed by atoms with Gasteiger partial charge in [-0.05, 0) is 41.8 Å². The largest absolute Gasteiger partial charge is 0.446 e. The fraction of sp³-hybridized carbons (Fsp3) is 0.308. The molecule has 0 spiro atoms. The molecule has 102 valence electrons. The highest BCUT2D eigenvalue weighted by atomic mass is 32.2. The highest BCUT2D eigenvalue weighted by Gasteiger charge is 2.29. The molecule has 0 saturated heterocycles. The summed E-state index contributed by atoms with van der Waals surface area (Å²) in [7, 11) is 0. The molecule has 2 rings (SSSR count). The third-order valence-electron chi connectivity index (χ3n) is 2.51. The van der Waals surface area contributed by atoms with Gasteiger partial charge in [-0.15, -0.1) is 0 Å². The third kappa shape index (κ3) is 3.76. The Balaban J connectivity index is 2.38. The molecule has 0 fully saturated rings. The number of anilines is 1. The van der Waals surface area contributed by atoms with Crippen LogP contribution in [0.2, 0.25) is 0 Å². The molecule has 19 heavy (non-hydrogen) atoms. The smallest absolute Gasteiger partial charge is 0.370 e. The van der Waals surface area contributed by atoms with E-state index in [1.165, 1.54) is 12.1 Å². The summed E-state index contributed by atoms with van der Waals surface area (Å²) in [6, 6.07) is 6.47. The van der Waals surface area contributed by atoms with E-state index in [0.717, 1.165) is 18.4 Å². The highest BCUT2D eigenvalue weighted by molar-refractivity contribution is 8.00. The second-order valence-corrected chi connectivity index (χ2v) is 5.16. The zero-order valence-corrected chi connectivity index (χ0v) is 11.1. The third-order valence-corrected chi connectivity index (χ3v) is 3.23. The van der Waals surface area contributed by atoms with E-state index in [1.54, 1.807) is 18.3 Å². The lowest BCUT2D eigenvalue weighted by molar-refractivity contribution is -0.0328. The minimum Gasteiger partial charge on any atom is -0.370 e. The van der Waals surface area contributed by atoms with Crippen LogP contribution in [0.25, 0.3) is 10.8 Å². The van der Waals surface area contributed by atoms with Crippen molar-refractivity contribution in [2.24, 2.45) is 0 Å². The first-order valence-electron chi connectivity index (χ1n) is 5.88. The summed E-state index contributed by atoms with van der Waals surface area (Å²) >= 11 is -0.107. The summed E-state index contributed by atoms with van der Waals surface area (Å²) in [6.45, 7) is 2.76. The van der Waals surface area contributed by atoms with E-state index in [9.17, 15) is 13.2 Å². The van der Waals surface area contributed by atoms with E-state index in [4.69, 9.17) is 0 Å². The number of pyridine rings is 1. The molecule has 0 atom stereocenters. The molecule has 1 heterocycles. The van der Waals surface area contributed by atoms with Crippen LogP contribution in [0.4, 0.5) is 19.0 Å². The molecular formula is C13H13F3N2S. The van der Waals surface area contributed by atoms with Crippen molar-refractivity contribution in [1.29, 1.82) is 0 Å². The van der Waals surface area contributed by atoms with Gasteiger partial charge in [0, 0.05) is 23.0 Å². The number of hydrogen-bond acceptors (Lipinski definition) is 3. The first-order chi connectivity index (χ1) is 8.99. The van der Waals surface area contributed by atoms with Gasteiger partial charge in [-0.25, -0.2) is 4.98 Å². The Morgan fingerprint density at radius 3 is 2.74 bits per heavy atom. The molecule has 0 saturated carbocycles. The van der Waals surface area contributed by atoms with Crippen LogP contribution in [0, 0.1) is 0 Å². The molecule has 0 aliphatic carbocycles. The molecule has 2 nitrogen and oxygen atoms in total. The SMILES string of the molecule is CCCNc1nccc2ccc(SC(F)(F)F)cc12. The summed E-state index contributed by atoms with van der Waals surface area (Å²) in [5.41, 5.74) is -4.27. The molecule has 0 unspecified atom stereocenters. The van der Waals surface area contributed by atoms with Crippen molar-refractivity contribution in [1.82, 2.24) is 4.98 Å². The summed E-state index contributed by atoms with van der Waals surface area (Å²) in [5.74, 6) is 0.629. The Bertz CT molecular complexity index is 569. The van der Waals surface area contributed by atoms with Crippen molar-refractivity contribution in [2.45, 2.75) is 23.7 Å². The van der Waals surface area contributed by atoms with Gasteiger partial charge in [0.05, 0.1) is 0 Å². The number of benzene rings is 1. The van der Waals surface area contributed by atoms with E-state index in [0.29, 0.717) is 11.2 Å². The van der Waals surface area contributed by atoms with E-state index >= 15 is 0 Å². The Hall–Kier alpha value is -1.43. The predicted octanol–water partition coefficient (Wildman–Crippen LogP) is 4.67. The van der Waals surface area contributed by atoms with Gasteiger partial charge in [-0.3, -0.25) is 0 Å². The fourth-order valence-electron chi connectivity index (χ4n) is 1.73. The maximum atomic E-state index is 12.4. The predicted molar refractivity (Wildman–Crippen MR) is 72.4 cm³/mol. The van der Waals surface area contributed by atoms with Crippen molar-refractivity contribution < 1.29 is 13.2 Å². The molecule has 0 aliphatic rings. The lowest BCUT2D eigenvalue weighted by Crippen LogP contribution is -2.02. The summed E-state index contributed by atoms with van der Waals surface area (Å²) < 4.78 is 37.1. The molecular weight excluding hydrogens is 273 g/mol. The number of fused-ring (bicyclic) bond motifs is 1. The van der Waals surface area contributed by atoms with Gasteiger partial charge in [0.1, 0.15) is 5.82 Å². The average Bonchev–Trinajstić information content (AvgIpc) is 2.34. The first kappa shape index (κ1) is 14.0. The van der Waals surface area contributed by atoms with Crippen LogP contribution in [0.1, 0.15) is 13.3 Å². The molecule has 1 aromatic carbocycles. The van der Waals surface area contributed by atoms with Crippen LogP contribution in [0.15, 0.2) is 35.4 Å². The maximum absolute atomic E-state index is 12.4. The van der Waals surface area contributed by atoms with Crippen molar-refractivity contribution in [2.75, 3.05) is 11.9 Å². The van der Waals surface area contributed by atoms with Crippen LogP contribution in [0.3, 0.4) is 0 Å². The number of aromatic nitrogens is 1. The van der Waals surface area contributed by atoms with Crippen LogP contribution in [0.5, 0.6) is 0 Å². The summed E-state index contributed by atoms with van der Waals surface area (Å²) in [6.07, 6.45) is 2.58. The minimum absolute atomic E-state index is 0.107. The standard InChI is InChI=1S/C13H13F3N2S/c1-2-6-17-12-11-8-10(19-13(14,15)16)4-3-9(11)5-7-18-12/h3-5,7-8H,2,6H2,1H3,(H,17,18). The second kappa shape index (κ2) is 5.69. The lowest BCUT2D eigenvalue weighted by atomic mass is 10.1. The van der Waals surface area contributed by atoms with Crippen molar-refractivity contribution in [3.8, 4) is 0 Å². The Kier molecular flexibility index (Phi) is 4.19. The van der Waals surface area contributed by atoms with Crippen molar-refractivity contribution in [3.63, 3.8) is 0 Å². The summed E-state index contributed by atoms with van der Waals surface area (Å²) in [5, 5.41) is 4.71. The van der Waals surface area contributed by atoms with E-state index in [-0.39, 0.29) is 16.7 Å². The molecule has 0 radical (unpaired) electrons. The Morgan fingerprint density at radius 2 is 2.05 bits per heavy atom. The number of alkyl halides is 3. The van der Waals surface area contributed by atoms with Gasteiger partial charge in [0.2, 0.25) is 0 Å². The van der Waals surface area contributed by atoms with E-state index in [1.807, 2.05) is 6.92 Å². The quantitative estimate of drug-likeness (QED) is 0.827. The molecule has 0 aliphatic heterocycles. The Morgan fingerprint density at radius 1 is 1.26 bits per heavy atom. The van der Waals surface area contributed by atoms with Gasteiger partial charge in [0.25, 0.3) is 0 Å². The highest BCUT2D eigenvalue weighted by Crippen LogP contribution is 2.38. The van der Waals surface area contributed by atoms with Gasteiger partial charge < -0.3 is 5.32 Å². The van der Waals surface area contributed by atoms with Gasteiger partial charge in [0.15, 0.2) is 0 Å². The molecule has 6 heteroatoms. The molecule has 0 amide bonds. The van der Waals surface area contributed by atoms with Gasteiger partial charge in [-0.2, -0.15) is 13.2 Å². The first-order valence-corrected chi connectivity index (χ1v) is 6.69. The number of nitrogens with zero attached hydrogens (tertiary/aromatic N) is 1. The number of nitrogens with one attached hydrogen (secondary N) is 1. The van der Waals surface area contributed by atoms with Crippen LogP contribution >= 0.6 is 11.8 Å². The zero-order valence-electron chi connectivity index (χ0n) is 10.3. The number of halogens is 3. The number of hydrogen-bond donors (Lipinski definition) is 1. The Labute approximate surface area is 113 Å². The molecule has 1 N–H and O–H groups in total. The van der Waals surface area contributed by atoms with Crippen LogP contribution in [-0.2, 0) is 0 Å². The molecule has 1 aromatic heterocycles.